The molecule has 3 saturated carbocycles. The van der Waals surface area contributed by atoms with Crippen molar-refractivity contribution in [3.8, 4) is 0 Å². The van der Waals surface area contributed by atoms with Crippen LogP contribution in [-0.2, 0) is 19.1 Å². The van der Waals surface area contributed by atoms with Gasteiger partial charge < -0.3 is 9.47 Å². The van der Waals surface area contributed by atoms with Crippen molar-refractivity contribution in [1.82, 2.24) is 0 Å². The third-order valence-corrected chi connectivity index (χ3v) is 8.29. The zero-order valence-electron chi connectivity index (χ0n) is 15.9. The summed E-state index contributed by atoms with van der Waals surface area (Å²) in [6, 6.07) is 0. The van der Waals surface area contributed by atoms with E-state index in [1.807, 2.05) is 0 Å². The van der Waals surface area contributed by atoms with Crippen LogP contribution < -0.4 is 0 Å². The predicted octanol–water partition coefficient (Wildman–Crippen LogP) is 4.26. The van der Waals surface area contributed by atoms with Gasteiger partial charge in [-0.15, -0.1) is 0 Å². The maximum Gasteiger partial charge on any atom is 0.306 e. The summed E-state index contributed by atoms with van der Waals surface area (Å²) in [6.45, 7) is 6.20. The Bertz CT molecular complexity index is 572. The zero-order chi connectivity index (χ0) is 17.8. The van der Waals surface area contributed by atoms with E-state index in [1.165, 1.54) is 32.6 Å². The Labute approximate surface area is 151 Å². The Morgan fingerprint density at radius 1 is 1.08 bits per heavy atom. The molecule has 1 heterocycles. The molecule has 0 aromatic rings. The molecular weight excluding hydrogens is 316 g/mol. The fraction of sp³-hybridized carbons (Fsp3) is 0.905. The summed E-state index contributed by atoms with van der Waals surface area (Å²) < 4.78 is 11.4. The topological polar surface area (TPSA) is 52.6 Å². The van der Waals surface area contributed by atoms with Crippen molar-refractivity contribution in [3.05, 3.63) is 0 Å². The first-order valence-electron chi connectivity index (χ1n) is 10.2. The summed E-state index contributed by atoms with van der Waals surface area (Å²) >= 11 is 0. The summed E-state index contributed by atoms with van der Waals surface area (Å²) in [5.41, 5.74) is 0.136. The summed E-state index contributed by atoms with van der Waals surface area (Å²) in [5.74, 6) is 2.49. The lowest BCUT2D eigenvalue weighted by Crippen LogP contribution is -2.58. The number of rotatable bonds is 1. The maximum atomic E-state index is 11.8. The molecule has 4 nitrogen and oxygen atoms in total. The summed E-state index contributed by atoms with van der Waals surface area (Å²) in [6.07, 6.45) is 9.60. The van der Waals surface area contributed by atoms with Crippen molar-refractivity contribution in [2.75, 3.05) is 0 Å². The van der Waals surface area contributed by atoms with Crippen LogP contribution in [0, 0.1) is 29.1 Å². The van der Waals surface area contributed by atoms with Crippen LogP contribution in [0.4, 0.5) is 0 Å². The summed E-state index contributed by atoms with van der Waals surface area (Å²) in [5, 5.41) is 0. The van der Waals surface area contributed by atoms with Crippen LogP contribution in [0.2, 0.25) is 0 Å². The average molecular weight is 348 g/mol. The van der Waals surface area contributed by atoms with Gasteiger partial charge in [-0.05, 0) is 81.5 Å². The van der Waals surface area contributed by atoms with Crippen LogP contribution in [-0.4, -0.2) is 23.6 Å². The van der Waals surface area contributed by atoms with Crippen LogP contribution in [0.15, 0.2) is 0 Å². The second kappa shape index (κ2) is 5.99. The van der Waals surface area contributed by atoms with Crippen molar-refractivity contribution < 1.29 is 19.1 Å². The van der Waals surface area contributed by atoms with Gasteiger partial charge in [0.05, 0.1) is 0 Å². The van der Waals surface area contributed by atoms with Crippen molar-refractivity contribution in [3.63, 3.8) is 0 Å². The number of hydrogen-bond donors (Lipinski definition) is 0. The molecular formula is C21H32O4. The number of hydrogen-bond acceptors (Lipinski definition) is 4. The van der Waals surface area contributed by atoms with Gasteiger partial charge >= 0.3 is 11.9 Å². The smallest absolute Gasteiger partial charge is 0.306 e. The van der Waals surface area contributed by atoms with Crippen LogP contribution in [0.5, 0.6) is 0 Å². The van der Waals surface area contributed by atoms with E-state index >= 15 is 0 Å². The van der Waals surface area contributed by atoms with E-state index in [1.54, 1.807) is 0 Å². The Balaban J connectivity index is 1.53. The SMILES string of the molecule is CC(=O)O[C@@H]1CC[C@]2(C)[C@H](CC[C@H]3[C@H]2CC[C@]2(C)OC(=O)CC[C@@H]32)C1. The molecule has 4 rings (SSSR count). The largest absolute Gasteiger partial charge is 0.463 e. The number of carbonyl (C=O) groups is 2. The van der Waals surface area contributed by atoms with Gasteiger partial charge in [0.1, 0.15) is 11.7 Å². The molecule has 0 aromatic heterocycles. The molecule has 0 radical (unpaired) electrons. The molecule has 25 heavy (non-hydrogen) atoms. The minimum absolute atomic E-state index is 0.000938. The zero-order valence-corrected chi connectivity index (χ0v) is 15.9. The molecule has 3 aliphatic carbocycles. The van der Waals surface area contributed by atoms with Crippen LogP contribution in [0.1, 0.15) is 78.6 Å². The summed E-state index contributed by atoms with van der Waals surface area (Å²) in [4.78, 5) is 23.2. The fourth-order valence-electron chi connectivity index (χ4n) is 7.08. The standard InChI is InChI=1S/C21H32O4/c1-13(22)24-15-8-10-20(2)14(12-15)4-5-16-17(20)9-11-21(3)18(16)6-7-19(23)25-21/h14-18H,4-12H2,1-3H3/t14-,15-,16+,17-,18+,20-,21+/m1/s1. The quantitative estimate of drug-likeness (QED) is 0.665. The number of carbonyl (C=O) groups excluding carboxylic acids is 2. The fourth-order valence-corrected chi connectivity index (χ4v) is 7.08. The van der Waals surface area contributed by atoms with E-state index in [-0.39, 0.29) is 23.6 Å². The van der Waals surface area contributed by atoms with Crippen molar-refractivity contribution in [2.24, 2.45) is 29.1 Å². The molecule has 4 fully saturated rings. The van der Waals surface area contributed by atoms with Crippen LogP contribution >= 0.6 is 0 Å². The highest BCUT2D eigenvalue weighted by Crippen LogP contribution is 2.63. The van der Waals surface area contributed by atoms with Gasteiger partial charge in [-0.1, -0.05) is 6.92 Å². The third kappa shape index (κ3) is 2.80. The highest BCUT2D eigenvalue weighted by Gasteiger charge is 2.59. The molecule has 4 heteroatoms. The molecule has 0 unspecified atom stereocenters. The molecule has 0 amide bonds. The van der Waals surface area contributed by atoms with Crippen LogP contribution in [0.3, 0.4) is 0 Å². The summed E-state index contributed by atoms with van der Waals surface area (Å²) in [7, 11) is 0. The Morgan fingerprint density at radius 2 is 1.88 bits per heavy atom. The predicted molar refractivity (Wildman–Crippen MR) is 93.7 cm³/mol. The number of fused-ring (bicyclic) bond motifs is 5. The lowest BCUT2D eigenvalue weighted by molar-refractivity contribution is -0.205. The second-order valence-corrected chi connectivity index (χ2v) is 9.53. The van der Waals surface area contributed by atoms with Gasteiger partial charge in [0, 0.05) is 19.3 Å². The van der Waals surface area contributed by atoms with Gasteiger partial charge in [-0.3, -0.25) is 9.59 Å². The lowest BCUT2D eigenvalue weighted by atomic mass is 9.46. The average Bonchev–Trinajstić information content (AvgIpc) is 2.53. The van der Waals surface area contributed by atoms with Crippen molar-refractivity contribution in [2.45, 2.75) is 90.3 Å². The molecule has 4 aliphatic rings. The Morgan fingerprint density at radius 3 is 2.64 bits per heavy atom. The molecule has 140 valence electrons. The van der Waals surface area contributed by atoms with Crippen molar-refractivity contribution in [1.29, 1.82) is 0 Å². The van der Waals surface area contributed by atoms with E-state index in [0.29, 0.717) is 29.6 Å². The van der Waals surface area contributed by atoms with E-state index < -0.39 is 0 Å². The minimum atomic E-state index is -0.228. The highest BCUT2D eigenvalue weighted by molar-refractivity contribution is 5.71. The van der Waals surface area contributed by atoms with Crippen molar-refractivity contribution >= 4 is 11.9 Å². The molecule has 0 spiro atoms. The van der Waals surface area contributed by atoms with E-state index in [4.69, 9.17) is 9.47 Å². The highest BCUT2D eigenvalue weighted by atomic mass is 16.6. The van der Waals surface area contributed by atoms with E-state index in [0.717, 1.165) is 31.6 Å². The van der Waals surface area contributed by atoms with Gasteiger partial charge in [0.2, 0.25) is 0 Å². The van der Waals surface area contributed by atoms with Gasteiger partial charge in [0.25, 0.3) is 0 Å². The molecule has 0 N–H and O–H groups in total. The first-order chi connectivity index (χ1) is 11.8. The second-order valence-electron chi connectivity index (χ2n) is 9.53. The van der Waals surface area contributed by atoms with Gasteiger partial charge in [-0.2, -0.15) is 0 Å². The first-order valence-corrected chi connectivity index (χ1v) is 10.2. The number of ether oxygens (including phenoxy) is 2. The van der Waals surface area contributed by atoms with Gasteiger partial charge in [-0.25, -0.2) is 0 Å². The molecule has 0 aromatic carbocycles. The monoisotopic (exact) mass is 348 g/mol. The van der Waals surface area contributed by atoms with E-state index in [2.05, 4.69) is 13.8 Å². The molecule has 1 saturated heterocycles. The minimum Gasteiger partial charge on any atom is -0.463 e. The Kier molecular flexibility index (Phi) is 4.16. The lowest BCUT2D eigenvalue weighted by Gasteiger charge is -2.61. The Hall–Kier alpha value is -1.06. The first kappa shape index (κ1) is 17.4. The molecule has 7 atom stereocenters. The van der Waals surface area contributed by atoms with E-state index in [9.17, 15) is 9.59 Å². The molecule has 0 bridgehead atoms. The van der Waals surface area contributed by atoms with Gasteiger partial charge in [0.15, 0.2) is 0 Å². The third-order valence-electron chi connectivity index (χ3n) is 8.29. The maximum absolute atomic E-state index is 11.8. The molecule has 1 aliphatic heterocycles. The number of esters is 2. The normalized spacial score (nSPS) is 49.2. The van der Waals surface area contributed by atoms with Crippen LogP contribution in [0.25, 0.3) is 0 Å².